The Balaban J connectivity index is 1.88. The van der Waals surface area contributed by atoms with E-state index >= 15 is 0 Å². The van der Waals surface area contributed by atoms with Gasteiger partial charge in [-0.3, -0.25) is 0 Å². The van der Waals surface area contributed by atoms with Crippen molar-refractivity contribution in [2.45, 2.75) is 39.5 Å². The number of rotatable bonds is 7. The number of nitrogens with zero attached hydrogens (tertiary/aromatic N) is 2. The van der Waals surface area contributed by atoms with Gasteiger partial charge in [-0.2, -0.15) is 0 Å². The first-order valence-corrected chi connectivity index (χ1v) is 9.53. The monoisotopic (exact) mass is 349 g/mol. The van der Waals surface area contributed by atoms with E-state index in [4.69, 9.17) is 0 Å². The number of nitrogens with one attached hydrogen (secondary N) is 1. The zero-order valence-electron chi connectivity index (χ0n) is 15.8. The van der Waals surface area contributed by atoms with Crippen molar-refractivity contribution in [2.24, 2.45) is 5.92 Å². The third-order valence-corrected chi connectivity index (χ3v) is 5.09. The molecule has 140 valence electrons. The van der Waals surface area contributed by atoms with Crippen molar-refractivity contribution in [1.82, 2.24) is 15.1 Å². The molecule has 1 heterocycles. The van der Waals surface area contributed by atoms with Gasteiger partial charge in [0.15, 0.2) is 0 Å². The highest BCUT2D eigenvalue weighted by atomic mass is 19.1. The van der Waals surface area contributed by atoms with Gasteiger partial charge in [0.25, 0.3) is 0 Å². The number of benzene rings is 1. The SMILES string of the molecule is CCN(CCCC(c1ccc(F)cc1)C(C)C)C(=O)N1CCNCC1. The summed E-state index contributed by atoms with van der Waals surface area (Å²) in [6, 6.07) is 7.02. The summed E-state index contributed by atoms with van der Waals surface area (Å²) < 4.78 is 13.2. The van der Waals surface area contributed by atoms with E-state index < -0.39 is 0 Å². The molecular formula is C20H32FN3O. The van der Waals surface area contributed by atoms with Crippen molar-refractivity contribution in [3.63, 3.8) is 0 Å². The molecule has 1 aliphatic rings. The van der Waals surface area contributed by atoms with Gasteiger partial charge in [-0.1, -0.05) is 26.0 Å². The number of urea groups is 1. The van der Waals surface area contributed by atoms with Gasteiger partial charge in [-0.15, -0.1) is 0 Å². The van der Waals surface area contributed by atoms with Crippen LogP contribution in [-0.2, 0) is 0 Å². The van der Waals surface area contributed by atoms with Crippen molar-refractivity contribution < 1.29 is 9.18 Å². The first-order chi connectivity index (χ1) is 12.0. The molecule has 0 radical (unpaired) electrons. The highest BCUT2D eigenvalue weighted by Crippen LogP contribution is 2.29. The van der Waals surface area contributed by atoms with Crippen molar-refractivity contribution in [1.29, 1.82) is 0 Å². The number of carbonyl (C=O) groups is 1. The molecule has 2 amide bonds. The average Bonchev–Trinajstić information content (AvgIpc) is 2.63. The summed E-state index contributed by atoms with van der Waals surface area (Å²) in [6.45, 7) is 11.3. The first-order valence-electron chi connectivity index (χ1n) is 9.53. The van der Waals surface area contributed by atoms with Crippen LogP contribution in [0, 0.1) is 11.7 Å². The van der Waals surface area contributed by atoms with Crippen molar-refractivity contribution >= 4 is 6.03 Å². The van der Waals surface area contributed by atoms with Gasteiger partial charge < -0.3 is 15.1 Å². The molecule has 2 rings (SSSR count). The number of halogens is 1. The molecule has 0 bridgehead atoms. The largest absolute Gasteiger partial charge is 0.325 e. The minimum absolute atomic E-state index is 0.159. The average molecular weight is 349 g/mol. The maximum atomic E-state index is 13.2. The molecule has 1 atom stereocenters. The number of piperazine rings is 1. The summed E-state index contributed by atoms with van der Waals surface area (Å²) in [5.41, 5.74) is 1.19. The molecule has 4 nitrogen and oxygen atoms in total. The quantitative estimate of drug-likeness (QED) is 0.815. The second-order valence-electron chi connectivity index (χ2n) is 7.14. The van der Waals surface area contributed by atoms with E-state index in [9.17, 15) is 9.18 Å². The molecule has 1 aromatic carbocycles. The third-order valence-electron chi connectivity index (χ3n) is 5.09. The molecule has 1 N–H and O–H groups in total. The standard InChI is InChI=1S/C20H32FN3O/c1-4-23(20(25)24-14-11-22-12-15-24)13-5-6-19(16(2)3)17-7-9-18(21)10-8-17/h7-10,16,19,22H,4-6,11-15H2,1-3H3. The van der Waals surface area contributed by atoms with E-state index in [1.165, 1.54) is 17.7 Å². The molecule has 25 heavy (non-hydrogen) atoms. The molecule has 1 unspecified atom stereocenters. The Labute approximate surface area is 151 Å². The summed E-state index contributed by atoms with van der Waals surface area (Å²) in [7, 11) is 0. The smallest absolute Gasteiger partial charge is 0.320 e. The van der Waals surface area contributed by atoms with Crippen LogP contribution in [0.15, 0.2) is 24.3 Å². The van der Waals surface area contributed by atoms with Gasteiger partial charge in [0.05, 0.1) is 0 Å². The lowest BCUT2D eigenvalue weighted by molar-refractivity contribution is 0.147. The second-order valence-corrected chi connectivity index (χ2v) is 7.14. The highest BCUT2D eigenvalue weighted by molar-refractivity contribution is 5.74. The molecule has 5 heteroatoms. The lowest BCUT2D eigenvalue weighted by atomic mass is 9.85. The zero-order chi connectivity index (χ0) is 18.2. The molecule has 0 spiro atoms. The van der Waals surface area contributed by atoms with Crippen molar-refractivity contribution in [2.75, 3.05) is 39.3 Å². The van der Waals surface area contributed by atoms with E-state index in [2.05, 4.69) is 19.2 Å². The molecule has 1 fully saturated rings. The van der Waals surface area contributed by atoms with Crippen LogP contribution < -0.4 is 5.32 Å². The van der Waals surface area contributed by atoms with Crippen LogP contribution in [0.4, 0.5) is 9.18 Å². The summed E-state index contributed by atoms with van der Waals surface area (Å²) >= 11 is 0. The lowest BCUT2D eigenvalue weighted by Crippen LogP contribution is -2.51. The molecule has 0 aliphatic carbocycles. The fourth-order valence-corrected chi connectivity index (χ4v) is 3.54. The van der Waals surface area contributed by atoms with E-state index in [1.54, 1.807) is 0 Å². The van der Waals surface area contributed by atoms with Gasteiger partial charge in [0.1, 0.15) is 5.82 Å². The first kappa shape index (κ1) is 19.7. The second kappa shape index (κ2) is 9.76. The van der Waals surface area contributed by atoms with Crippen molar-refractivity contribution in [3.05, 3.63) is 35.6 Å². The predicted octanol–water partition coefficient (Wildman–Crippen LogP) is 3.69. The van der Waals surface area contributed by atoms with Crippen LogP contribution in [0.3, 0.4) is 0 Å². The number of amides is 2. The van der Waals surface area contributed by atoms with Crippen LogP contribution in [-0.4, -0.2) is 55.1 Å². The molecule has 0 saturated carbocycles. The Kier molecular flexibility index (Phi) is 7.69. The Morgan fingerprint density at radius 1 is 1.24 bits per heavy atom. The topological polar surface area (TPSA) is 35.6 Å². The zero-order valence-corrected chi connectivity index (χ0v) is 15.8. The third kappa shape index (κ3) is 5.70. The molecule has 1 aliphatic heterocycles. The van der Waals surface area contributed by atoms with Gasteiger partial charge in [-0.25, -0.2) is 9.18 Å². The van der Waals surface area contributed by atoms with Crippen LogP contribution in [0.1, 0.15) is 45.1 Å². The van der Waals surface area contributed by atoms with Crippen LogP contribution in [0.2, 0.25) is 0 Å². The fourth-order valence-electron chi connectivity index (χ4n) is 3.54. The van der Waals surface area contributed by atoms with Gasteiger partial charge in [0.2, 0.25) is 0 Å². The number of hydrogen-bond donors (Lipinski definition) is 1. The lowest BCUT2D eigenvalue weighted by Gasteiger charge is -2.33. The summed E-state index contributed by atoms with van der Waals surface area (Å²) in [4.78, 5) is 16.5. The highest BCUT2D eigenvalue weighted by Gasteiger charge is 2.22. The molecule has 0 aromatic heterocycles. The molecule has 1 saturated heterocycles. The van der Waals surface area contributed by atoms with Crippen molar-refractivity contribution in [3.8, 4) is 0 Å². The summed E-state index contributed by atoms with van der Waals surface area (Å²) in [5, 5.41) is 3.28. The molecule has 1 aromatic rings. The van der Waals surface area contributed by atoms with Crippen LogP contribution >= 0.6 is 0 Å². The van der Waals surface area contributed by atoms with E-state index in [0.29, 0.717) is 11.8 Å². The van der Waals surface area contributed by atoms with Crippen LogP contribution in [0.5, 0.6) is 0 Å². The Bertz CT molecular complexity index is 526. The Morgan fingerprint density at radius 2 is 1.88 bits per heavy atom. The number of hydrogen-bond acceptors (Lipinski definition) is 2. The summed E-state index contributed by atoms with van der Waals surface area (Å²) in [5.74, 6) is 0.697. The predicted molar refractivity (Wildman–Crippen MR) is 100 cm³/mol. The minimum Gasteiger partial charge on any atom is -0.325 e. The van der Waals surface area contributed by atoms with Gasteiger partial charge in [-0.05, 0) is 49.3 Å². The fraction of sp³-hybridized carbons (Fsp3) is 0.650. The van der Waals surface area contributed by atoms with E-state index in [0.717, 1.165) is 52.1 Å². The number of carbonyl (C=O) groups excluding carboxylic acids is 1. The van der Waals surface area contributed by atoms with Gasteiger partial charge in [0, 0.05) is 39.3 Å². The van der Waals surface area contributed by atoms with Gasteiger partial charge >= 0.3 is 6.03 Å². The maximum Gasteiger partial charge on any atom is 0.320 e. The maximum absolute atomic E-state index is 13.2. The van der Waals surface area contributed by atoms with E-state index in [1.807, 2.05) is 28.9 Å². The summed E-state index contributed by atoms with van der Waals surface area (Å²) in [6.07, 6.45) is 1.97. The molecular weight excluding hydrogens is 317 g/mol. The minimum atomic E-state index is -0.190. The normalized spacial score (nSPS) is 16.1. The van der Waals surface area contributed by atoms with Crippen LogP contribution in [0.25, 0.3) is 0 Å². The Morgan fingerprint density at radius 3 is 2.44 bits per heavy atom. The van der Waals surface area contributed by atoms with E-state index in [-0.39, 0.29) is 11.8 Å². The Hall–Kier alpha value is -1.62.